The molecule has 0 aliphatic carbocycles. The molecule has 0 aromatic carbocycles. The van der Waals surface area contributed by atoms with E-state index in [0.29, 0.717) is 51.4 Å². The molecule has 0 amide bonds. The summed E-state index contributed by atoms with van der Waals surface area (Å²) in [4.78, 5) is 90.9. The number of esters is 2. The molecule has 396 valence electrons. The number of ether oxygens (including phenoxy) is 7. The van der Waals surface area contributed by atoms with Crippen LogP contribution in [-0.2, 0) is 70.5 Å². The van der Waals surface area contributed by atoms with Gasteiger partial charge in [0, 0.05) is 24.2 Å². The fourth-order valence-corrected chi connectivity index (χ4v) is 12.0. The van der Waals surface area contributed by atoms with Gasteiger partial charge >= 0.3 is 152 Å². The summed E-state index contributed by atoms with van der Waals surface area (Å²) in [5.41, 5.74) is -2.09. The summed E-state index contributed by atoms with van der Waals surface area (Å²) in [5.74, 6) is -11.2. The van der Waals surface area contributed by atoms with E-state index in [0.717, 1.165) is 0 Å². The van der Waals surface area contributed by atoms with Crippen LogP contribution in [0.3, 0.4) is 0 Å². The van der Waals surface area contributed by atoms with Crippen LogP contribution < -0.4 is 118 Å². The molecule has 73 heavy (non-hydrogen) atoms. The van der Waals surface area contributed by atoms with Crippen molar-refractivity contribution < 1.29 is 219 Å². The third-order valence-electron chi connectivity index (χ3n) is 15.6. The van der Waals surface area contributed by atoms with E-state index in [9.17, 15) is 53.3 Å². The smallest absolute Gasteiger partial charge is 0.481 e. The average Bonchev–Trinajstić information content (AvgIpc) is 3.61. The molecule has 0 radical (unpaired) electrons. The van der Waals surface area contributed by atoms with Crippen molar-refractivity contribution in [2.24, 2.45) is 41.4 Å². The van der Waals surface area contributed by atoms with Crippen molar-refractivity contribution in [3.63, 3.8) is 0 Å². The number of carboxylic acid groups (broad SMARTS) is 1. The molecule has 18 atom stereocenters. The SMILES string of the molecule is CCC(C(=O)[C@H](C)[C@H](OC(=O)COP(=O)(O)O)[C@@H](C)[C@H]1OC([C@H](CC)C(=O)O)CC[C@H]1C)[C@H]1O[C@@]2(C=C[C@@H](OC(=O)COP(=O)(O)O)[C@@]3(CC[C@@](C)([C@H]4CC[C@](O)(CC)[C@H](C)O4)O3)O2)[C@H](C)C[C@@H]1C.[Na+].[Na+].[Na+].[Na+]. The van der Waals surface area contributed by atoms with Gasteiger partial charge in [-0.05, 0) is 95.6 Å². The minimum absolute atomic E-state index is 0. The number of phosphoric acid groups is 2. The number of carbonyl (C=O) groups excluding carboxylic acids is 3. The van der Waals surface area contributed by atoms with Crippen LogP contribution in [0.15, 0.2) is 12.2 Å². The summed E-state index contributed by atoms with van der Waals surface area (Å²) in [6.07, 6.45) is 1.32. The van der Waals surface area contributed by atoms with Gasteiger partial charge in [0.2, 0.25) is 5.79 Å². The number of hydrogen-bond acceptors (Lipinski definition) is 16. The van der Waals surface area contributed by atoms with Crippen molar-refractivity contribution >= 4 is 39.3 Å². The molecule has 2 spiro atoms. The Morgan fingerprint density at radius 2 is 1.36 bits per heavy atom. The van der Waals surface area contributed by atoms with Gasteiger partial charge in [0.05, 0.1) is 53.6 Å². The number of phosphoric ester groups is 2. The minimum atomic E-state index is -5.08. The van der Waals surface area contributed by atoms with E-state index in [1.54, 1.807) is 39.8 Å². The number of ketones is 1. The van der Waals surface area contributed by atoms with Gasteiger partial charge in [0.25, 0.3) is 0 Å². The van der Waals surface area contributed by atoms with Gasteiger partial charge in [-0.3, -0.25) is 18.6 Å². The largest absolute Gasteiger partial charge is 1.00 e. The molecule has 2 unspecified atom stereocenters. The van der Waals surface area contributed by atoms with Crippen LogP contribution in [0, 0.1) is 41.4 Å². The first-order valence-corrected chi connectivity index (χ1v) is 27.4. The zero-order valence-corrected chi connectivity index (χ0v) is 55.2. The van der Waals surface area contributed by atoms with Gasteiger partial charge in [-0.15, -0.1) is 0 Å². The average molecular weight is 1120 g/mol. The molecule has 0 aromatic heterocycles. The maximum Gasteiger partial charge on any atom is 1.00 e. The standard InChI is InChI=1S/C46H76O21P2.4Na/c1-11-31(42(50)51)33-15-14-25(4)39(62-33)29(8)41(64-37(48)24-60-69(56,57)58)28(7)38(49)32(12-2)40-26(5)22-27(6)45(65-40)19-17-35(63-36(47)23-59-68(53,54)55)46(67-45)21-20-43(10,66-46)34-16-18-44(52,13-3)30(9)61-34;;;;/h17,19,25-35,39-41,52H,11-16,18,20-24H2,1-10H3,(H,50,51)(H2,53,54,55)(H2,56,57,58);;;;/q;4*+1/t25-,26+,27-,28+,29+,30+,31+,32?,33?,34-,35-,39+,40+,41+,43+,44-,45-,46-;;;;/m1..../s1. The third kappa shape index (κ3) is 17.9. The summed E-state index contributed by atoms with van der Waals surface area (Å²) < 4.78 is 77.5. The minimum Gasteiger partial charge on any atom is -0.481 e. The van der Waals surface area contributed by atoms with Crippen LogP contribution in [0.1, 0.15) is 133 Å². The first-order valence-electron chi connectivity index (χ1n) is 24.3. The number of Topliss-reactive ketones (excluding diaryl/α,β-unsaturated/α-hetero) is 1. The van der Waals surface area contributed by atoms with E-state index in [-0.39, 0.29) is 149 Å². The number of aliphatic hydroxyl groups is 1. The fourth-order valence-electron chi connectivity index (χ4n) is 11.4. The second kappa shape index (κ2) is 29.7. The molecule has 27 heteroatoms. The van der Waals surface area contributed by atoms with Crippen LogP contribution in [0.25, 0.3) is 0 Å². The summed E-state index contributed by atoms with van der Waals surface area (Å²) >= 11 is 0. The third-order valence-corrected chi connectivity index (χ3v) is 16.5. The Morgan fingerprint density at radius 1 is 0.767 bits per heavy atom. The van der Waals surface area contributed by atoms with Crippen LogP contribution >= 0.6 is 15.6 Å². The van der Waals surface area contributed by atoms with Gasteiger partial charge < -0.3 is 62.9 Å². The van der Waals surface area contributed by atoms with Crippen LogP contribution in [-0.4, -0.2) is 132 Å². The Bertz CT molecular complexity index is 1980. The number of aliphatic carboxylic acids is 1. The molecule has 6 N–H and O–H groups in total. The molecular formula is C46H76Na4O21P2+4. The summed E-state index contributed by atoms with van der Waals surface area (Å²) in [7, 11) is -10.1. The Kier molecular flexibility index (Phi) is 29.6. The molecule has 4 saturated heterocycles. The normalized spacial score (nSPS) is 36.4. The molecule has 5 heterocycles. The van der Waals surface area contributed by atoms with Gasteiger partial charge in [0.15, 0.2) is 25.1 Å². The molecule has 5 aliphatic rings. The van der Waals surface area contributed by atoms with Gasteiger partial charge in [-0.2, -0.15) is 0 Å². The maximum absolute atomic E-state index is 15.1. The Morgan fingerprint density at radius 3 is 1.89 bits per heavy atom. The number of carboxylic acids is 1. The quantitative estimate of drug-likeness (QED) is 0.0286. The van der Waals surface area contributed by atoms with E-state index in [2.05, 4.69) is 9.05 Å². The van der Waals surface area contributed by atoms with Gasteiger partial charge in [-0.1, -0.05) is 55.4 Å². The van der Waals surface area contributed by atoms with E-state index in [1.807, 2.05) is 41.5 Å². The molecule has 21 nitrogen and oxygen atoms in total. The number of carbonyl (C=O) groups is 4. The molecule has 5 rings (SSSR count). The Balaban J connectivity index is 0.00000666. The van der Waals surface area contributed by atoms with Gasteiger partial charge in [0.1, 0.15) is 11.9 Å². The van der Waals surface area contributed by atoms with Crippen LogP contribution in [0.4, 0.5) is 0 Å². The maximum atomic E-state index is 15.1. The zero-order valence-electron chi connectivity index (χ0n) is 45.4. The van der Waals surface area contributed by atoms with Crippen molar-refractivity contribution in [2.75, 3.05) is 13.2 Å². The second-order valence-electron chi connectivity index (χ2n) is 20.4. The van der Waals surface area contributed by atoms with Crippen LogP contribution in [0.5, 0.6) is 0 Å². The van der Waals surface area contributed by atoms with Crippen molar-refractivity contribution in [1.82, 2.24) is 0 Å². The van der Waals surface area contributed by atoms with Crippen molar-refractivity contribution in [1.29, 1.82) is 0 Å². The Hall–Kier alpha value is 1.80. The first-order chi connectivity index (χ1) is 32.0. The fraction of sp³-hybridized carbons (Fsp3) is 0.870. The van der Waals surface area contributed by atoms with Gasteiger partial charge in [-0.25, -0.2) is 18.7 Å². The monoisotopic (exact) mass is 1120 g/mol. The molecule has 4 fully saturated rings. The number of rotatable bonds is 20. The Labute approximate surface area is 518 Å². The van der Waals surface area contributed by atoms with Crippen molar-refractivity contribution in [3.05, 3.63) is 12.2 Å². The predicted molar refractivity (Wildman–Crippen MR) is 242 cm³/mol. The number of hydrogen-bond donors (Lipinski definition) is 6. The van der Waals surface area contributed by atoms with E-state index in [4.69, 9.17) is 33.2 Å². The topological polar surface area (TPSA) is 307 Å². The molecular weight excluding hydrogens is 1040 g/mol. The molecule has 5 aliphatic heterocycles. The summed E-state index contributed by atoms with van der Waals surface area (Å²) in [6.45, 7) is 16.0. The van der Waals surface area contributed by atoms with E-state index >= 15 is 4.79 Å². The molecule has 0 aromatic rings. The first kappa shape index (κ1) is 72.8. The van der Waals surface area contributed by atoms with Crippen molar-refractivity contribution in [3.8, 4) is 0 Å². The zero-order chi connectivity index (χ0) is 51.7. The predicted octanol–water partition coefficient (Wildman–Crippen LogP) is -6.48. The van der Waals surface area contributed by atoms with Crippen molar-refractivity contribution in [2.45, 2.75) is 199 Å². The molecule has 0 bridgehead atoms. The van der Waals surface area contributed by atoms with E-state index in [1.165, 1.54) is 0 Å². The van der Waals surface area contributed by atoms with E-state index < -0.39 is 142 Å². The summed E-state index contributed by atoms with van der Waals surface area (Å²) in [5, 5.41) is 21.2. The molecule has 0 saturated carbocycles. The van der Waals surface area contributed by atoms with Crippen LogP contribution in [0.2, 0.25) is 0 Å². The summed E-state index contributed by atoms with van der Waals surface area (Å²) in [6, 6.07) is 0. The second-order valence-corrected chi connectivity index (χ2v) is 22.9.